The Hall–Kier alpha value is -3.28. The number of ether oxygens (including phenoxy) is 2. The molecule has 4 rings (SSSR count). The zero-order chi connectivity index (χ0) is 20.5. The largest absolute Gasteiger partial charge is 0.473 e. The first kappa shape index (κ1) is 19.1. The Bertz CT molecular complexity index is 1130. The monoisotopic (exact) mass is 393 g/mol. The Morgan fingerprint density at radius 2 is 1.90 bits per heavy atom. The number of aryl methyl sites for hydroxylation is 1. The summed E-state index contributed by atoms with van der Waals surface area (Å²) in [4.78, 5) is 26.3. The van der Waals surface area contributed by atoms with Crippen molar-refractivity contribution in [3.8, 4) is 5.75 Å². The Morgan fingerprint density at radius 3 is 2.59 bits per heavy atom. The summed E-state index contributed by atoms with van der Waals surface area (Å²) in [5.41, 5.74) is 4.22. The maximum absolute atomic E-state index is 12.4. The Labute approximate surface area is 168 Å². The van der Waals surface area contributed by atoms with E-state index in [9.17, 15) is 9.59 Å². The molecule has 0 unspecified atom stereocenters. The second kappa shape index (κ2) is 7.62. The minimum Gasteiger partial charge on any atom is -0.473 e. The lowest BCUT2D eigenvalue weighted by atomic mass is 10.0. The molecule has 0 aliphatic carbocycles. The third kappa shape index (κ3) is 3.35. The molecule has 6 heteroatoms. The van der Waals surface area contributed by atoms with Crippen LogP contribution in [-0.2, 0) is 17.7 Å². The van der Waals surface area contributed by atoms with Crippen molar-refractivity contribution in [2.45, 2.75) is 33.7 Å². The van der Waals surface area contributed by atoms with Gasteiger partial charge in [0.2, 0.25) is 0 Å². The maximum atomic E-state index is 12.4. The van der Waals surface area contributed by atoms with Crippen LogP contribution in [0.25, 0.3) is 11.0 Å². The molecular formula is C23H23NO5. The van der Waals surface area contributed by atoms with Crippen molar-refractivity contribution in [1.82, 2.24) is 0 Å². The van der Waals surface area contributed by atoms with Crippen molar-refractivity contribution in [2.24, 2.45) is 0 Å². The van der Waals surface area contributed by atoms with E-state index in [1.54, 1.807) is 19.1 Å². The van der Waals surface area contributed by atoms with Gasteiger partial charge in [-0.15, -0.1) is 0 Å². The molecule has 2 aromatic carbocycles. The van der Waals surface area contributed by atoms with Crippen LogP contribution in [0.5, 0.6) is 5.75 Å². The topological polar surface area (TPSA) is 69.0 Å². The van der Waals surface area contributed by atoms with Gasteiger partial charge in [-0.1, -0.05) is 6.92 Å². The van der Waals surface area contributed by atoms with Crippen molar-refractivity contribution >= 4 is 22.6 Å². The molecule has 0 bridgehead atoms. The van der Waals surface area contributed by atoms with E-state index in [-0.39, 0.29) is 11.6 Å². The highest BCUT2D eigenvalue weighted by atomic mass is 16.5. The maximum Gasteiger partial charge on any atom is 0.339 e. The number of carbonyl (C=O) groups excluding carboxylic acids is 1. The third-order valence-corrected chi connectivity index (χ3v) is 5.34. The fourth-order valence-corrected chi connectivity index (χ4v) is 3.76. The molecule has 0 radical (unpaired) electrons. The Morgan fingerprint density at radius 1 is 1.14 bits per heavy atom. The minimum atomic E-state index is -0.339. The zero-order valence-electron chi connectivity index (χ0n) is 16.8. The summed E-state index contributed by atoms with van der Waals surface area (Å²) in [6.45, 7) is 6.94. The van der Waals surface area contributed by atoms with E-state index in [2.05, 4.69) is 0 Å². The predicted octanol–water partition coefficient (Wildman–Crippen LogP) is 4.20. The van der Waals surface area contributed by atoms with E-state index in [0.717, 1.165) is 28.0 Å². The van der Waals surface area contributed by atoms with E-state index in [4.69, 9.17) is 13.9 Å². The van der Waals surface area contributed by atoms with E-state index in [1.807, 2.05) is 43.0 Å². The molecule has 0 amide bonds. The van der Waals surface area contributed by atoms with Crippen molar-refractivity contribution in [3.05, 3.63) is 69.1 Å². The third-order valence-electron chi connectivity index (χ3n) is 5.34. The van der Waals surface area contributed by atoms with Crippen molar-refractivity contribution in [1.29, 1.82) is 0 Å². The first-order valence-corrected chi connectivity index (χ1v) is 9.76. The van der Waals surface area contributed by atoms with Crippen LogP contribution in [0.4, 0.5) is 5.69 Å². The number of nitrogens with zero attached hydrogens (tertiary/aromatic N) is 1. The number of benzene rings is 2. The number of rotatable bonds is 4. The summed E-state index contributed by atoms with van der Waals surface area (Å²) < 4.78 is 16.7. The molecule has 3 aromatic rings. The van der Waals surface area contributed by atoms with Gasteiger partial charge in [-0.3, -0.25) is 0 Å². The number of anilines is 1. The van der Waals surface area contributed by atoms with Crippen LogP contribution in [0.1, 0.15) is 40.9 Å². The molecule has 0 saturated heterocycles. The smallest absolute Gasteiger partial charge is 0.339 e. The second-order valence-corrected chi connectivity index (χ2v) is 7.00. The average Bonchev–Trinajstić information content (AvgIpc) is 2.74. The number of hydrogen-bond donors (Lipinski definition) is 0. The van der Waals surface area contributed by atoms with E-state index >= 15 is 0 Å². The molecule has 0 saturated carbocycles. The van der Waals surface area contributed by atoms with E-state index < -0.39 is 0 Å². The lowest BCUT2D eigenvalue weighted by Gasteiger charge is -2.31. The highest BCUT2D eigenvalue weighted by molar-refractivity contribution is 5.90. The minimum absolute atomic E-state index is 0.290. The second-order valence-electron chi connectivity index (χ2n) is 7.00. The SMILES string of the molecule is CCOC(=O)c1ccc(N2COc3ccc4c(C)c(CC)c(=O)oc4c3C2)cc1. The molecule has 0 fully saturated rings. The molecule has 6 nitrogen and oxygen atoms in total. The lowest BCUT2D eigenvalue weighted by Crippen LogP contribution is -2.32. The summed E-state index contributed by atoms with van der Waals surface area (Å²) in [6, 6.07) is 11.1. The van der Waals surface area contributed by atoms with Gasteiger partial charge < -0.3 is 18.8 Å². The van der Waals surface area contributed by atoms with Crippen LogP contribution in [0, 0.1) is 6.92 Å². The van der Waals surface area contributed by atoms with E-state index in [1.165, 1.54) is 0 Å². The summed E-state index contributed by atoms with van der Waals surface area (Å²) in [5, 5.41) is 0.934. The molecule has 0 atom stereocenters. The molecule has 2 heterocycles. The summed E-state index contributed by atoms with van der Waals surface area (Å²) in [7, 11) is 0. The Balaban J connectivity index is 1.70. The van der Waals surface area contributed by atoms with Crippen LogP contribution in [-0.4, -0.2) is 19.3 Å². The zero-order valence-corrected chi connectivity index (χ0v) is 16.8. The van der Waals surface area contributed by atoms with Gasteiger partial charge >= 0.3 is 11.6 Å². The molecule has 1 aliphatic rings. The van der Waals surface area contributed by atoms with Crippen molar-refractivity contribution in [2.75, 3.05) is 18.2 Å². The van der Waals surface area contributed by atoms with Gasteiger partial charge in [0.25, 0.3) is 0 Å². The van der Waals surface area contributed by atoms with Gasteiger partial charge in [-0.2, -0.15) is 0 Å². The first-order valence-electron chi connectivity index (χ1n) is 9.76. The summed E-state index contributed by atoms with van der Waals surface area (Å²) in [6.07, 6.45) is 0.636. The summed E-state index contributed by atoms with van der Waals surface area (Å²) >= 11 is 0. The highest BCUT2D eigenvalue weighted by Gasteiger charge is 2.23. The highest BCUT2D eigenvalue weighted by Crippen LogP contribution is 2.35. The van der Waals surface area contributed by atoms with Crippen molar-refractivity contribution in [3.63, 3.8) is 0 Å². The predicted molar refractivity (Wildman–Crippen MR) is 111 cm³/mol. The first-order chi connectivity index (χ1) is 14.0. The standard InChI is InChI=1S/C23H23NO5/c1-4-17-14(3)18-10-11-20-19(21(18)29-23(17)26)12-24(13-28-20)16-8-6-15(7-9-16)22(25)27-5-2/h6-11H,4-5,12-13H2,1-3H3. The van der Waals surface area contributed by atoms with Gasteiger partial charge in [0.15, 0.2) is 6.73 Å². The molecule has 1 aliphatic heterocycles. The van der Waals surface area contributed by atoms with Crippen LogP contribution < -0.4 is 15.3 Å². The van der Waals surface area contributed by atoms with Gasteiger partial charge in [-0.05, 0) is 62.2 Å². The molecule has 0 N–H and O–H groups in total. The van der Waals surface area contributed by atoms with Gasteiger partial charge in [0, 0.05) is 16.6 Å². The number of esters is 1. The molecule has 1 aromatic heterocycles. The molecule has 0 spiro atoms. The quantitative estimate of drug-likeness (QED) is 0.489. The fraction of sp³-hybridized carbons (Fsp3) is 0.304. The summed E-state index contributed by atoms with van der Waals surface area (Å²) in [5.74, 6) is 0.387. The van der Waals surface area contributed by atoms with Gasteiger partial charge in [-0.25, -0.2) is 9.59 Å². The van der Waals surface area contributed by atoms with Crippen molar-refractivity contribution < 1.29 is 18.7 Å². The van der Waals surface area contributed by atoms with Crippen LogP contribution in [0.3, 0.4) is 0 Å². The Kier molecular flexibility index (Phi) is 5.01. The lowest BCUT2D eigenvalue weighted by molar-refractivity contribution is 0.0526. The van der Waals surface area contributed by atoms with Crippen LogP contribution in [0.2, 0.25) is 0 Å². The fourth-order valence-electron chi connectivity index (χ4n) is 3.76. The molecule has 150 valence electrons. The normalized spacial score (nSPS) is 13.1. The number of fused-ring (bicyclic) bond motifs is 3. The molecular weight excluding hydrogens is 370 g/mol. The van der Waals surface area contributed by atoms with Crippen LogP contribution in [0.15, 0.2) is 45.6 Å². The average molecular weight is 393 g/mol. The van der Waals surface area contributed by atoms with Crippen LogP contribution >= 0.6 is 0 Å². The molecule has 29 heavy (non-hydrogen) atoms. The van der Waals surface area contributed by atoms with Gasteiger partial charge in [0.1, 0.15) is 11.3 Å². The number of carbonyl (C=O) groups is 1. The van der Waals surface area contributed by atoms with Gasteiger partial charge in [0.05, 0.1) is 24.3 Å². The van der Waals surface area contributed by atoms with E-state index in [0.29, 0.717) is 43.0 Å². The number of hydrogen-bond acceptors (Lipinski definition) is 6.